The first-order valence-electron chi connectivity index (χ1n) is 6.04. The van der Waals surface area contributed by atoms with Crippen LogP contribution in [0.1, 0.15) is 24.7 Å². The van der Waals surface area contributed by atoms with Crippen LogP contribution in [0.2, 0.25) is 0 Å². The molecule has 0 bridgehead atoms. The Labute approximate surface area is 119 Å². The van der Waals surface area contributed by atoms with Crippen molar-refractivity contribution in [1.29, 1.82) is 5.41 Å². The van der Waals surface area contributed by atoms with Gasteiger partial charge in [0, 0.05) is 18.0 Å². The SMILES string of the molecule is CCCc1cc(=O)[nH]c(Sc2nccc(C(=N)N)n2)n1. The quantitative estimate of drug-likeness (QED) is 0.428. The van der Waals surface area contributed by atoms with E-state index < -0.39 is 0 Å². The number of H-pyrrole nitrogens is 1. The summed E-state index contributed by atoms with van der Waals surface area (Å²) in [6.45, 7) is 2.02. The first-order chi connectivity index (χ1) is 9.58. The van der Waals surface area contributed by atoms with E-state index in [1.165, 1.54) is 12.3 Å². The van der Waals surface area contributed by atoms with Crippen LogP contribution in [0.4, 0.5) is 0 Å². The van der Waals surface area contributed by atoms with Crippen LogP contribution >= 0.6 is 11.8 Å². The lowest BCUT2D eigenvalue weighted by Crippen LogP contribution is -2.14. The Morgan fingerprint density at radius 3 is 3.00 bits per heavy atom. The molecular weight excluding hydrogens is 276 g/mol. The van der Waals surface area contributed by atoms with E-state index >= 15 is 0 Å². The third-order valence-electron chi connectivity index (χ3n) is 2.38. The van der Waals surface area contributed by atoms with Gasteiger partial charge in [-0.05, 0) is 24.2 Å². The molecule has 2 heterocycles. The number of nitrogens with two attached hydrogens (primary N) is 1. The highest BCUT2D eigenvalue weighted by Crippen LogP contribution is 2.19. The fourth-order valence-corrected chi connectivity index (χ4v) is 2.29. The van der Waals surface area contributed by atoms with Crippen LogP contribution in [0.25, 0.3) is 0 Å². The van der Waals surface area contributed by atoms with E-state index in [0.717, 1.165) is 30.3 Å². The van der Waals surface area contributed by atoms with Gasteiger partial charge in [-0.15, -0.1) is 0 Å². The van der Waals surface area contributed by atoms with Crippen molar-refractivity contribution in [2.75, 3.05) is 0 Å². The molecule has 8 heteroatoms. The Hall–Kier alpha value is -2.22. The van der Waals surface area contributed by atoms with Gasteiger partial charge in [0.2, 0.25) is 0 Å². The third kappa shape index (κ3) is 3.64. The summed E-state index contributed by atoms with van der Waals surface area (Å²) in [5.41, 5.74) is 6.25. The average molecular weight is 290 g/mol. The van der Waals surface area contributed by atoms with E-state index in [1.54, 1.807) is 6.07 Å². The number of rotatable bonds is 5. The smallest absolute Gasteiger partial charge is 0.251 e. The van der Waals surface area contributed by atoms with Crippen LogP contribution in [-0.4, -0.2) is 25.8 Å². The van der Waals surface area contributed by atoms with Gasteiger partial charge in [-0.3, -0.25) is 10.2 Å². The molecule has 0 atom stereocenters. The van der Waals surface area contributed by atoms with Gasteiger partial charge in [0.25, 0.3) is 5.56 Å². The monoisotopic (exact) mass is 290 g/mol. The van der Waals surface area contributed by atoms with Crippen molar-refractivity contribution >= 4 is 17.6 Å². The highest BCUT2D eigenvalue weighted by molar-refractivity contribution is 7.99. The Bertz CT molecular complexity index is 684. The van der Waals surface area contributed by atoms with E-state index in [-0.39, 0.29) is 11.4 Å². The molecule has 0 aromatic carbocycles. The number of aromatic amines is 1. The summed E-state index contributed by atoms with van der Waals surface area (Å²) in [4.78, 5) is 26.7. The van der Waals surface area contributed by atoms with Crippen molar-refractivity contribution in [3.8, 4) is 0 Å². The second-order valence-electron chi connectivity index (χ2n) is 4.03. The molecule has 0 spiro atoms. The molecule has 0 aliphatic carbocycles. The Morgan fingerprint density at radius 2 is 2.30 bits per heavy atom. The molecule has 104 valence electrons. The highest BCUT2D eigenvalue weighted by atomic mass is 32.2. The van der Waals surface area contributed by atoms with Gasteiger partial charge in [0.05, 0.1) is 0 Å². The number of hydrogen-bond acceptors (Lipinski definition) is 6. The van der Waals surface area contributed by atoms with Crippen LogP contribution < -0.4 is 11.3 Å². The number of nitrogen functional groups attached to an aromatic ring is 1. The Balaban J connectivity index is 2.27. The van der Waals surface area contributed by atoms with Crippen LogP contribution in [0.5, 0.6) is 0 Å². The van der Waals surface area contributed by atoms with E-state index in [0.29, 0.717) is 16.0 Å². The van der Waals surface area contributed by atoms with Crippen molar-refractivity contribution < 1.29 is 0 Å². The van der Waals surface area contributed by atoms with E-state index in [2.05, 4.69) is 19.9 Å². The molecule has 0 fully saturated rings. The molecular formula is C12H14N6OS. The summed E-state index contributed by atoms with van der Waals surface area (Å²) in [7, 11) is 0. The van der Waals surface area contributed by atoms with Gasteiger partial charge >= 0.3 is 0 Å². The van der Waals surface area contributed by atoms with Gasteiger partial charge < -0.3 is 10.7 Å². The Kier molecular flexibility index (Phi) is 4.46. The summed E-state index contributed by atoms with van der Waals surface area (Å²) in [5, 5.41) is 8.16. The number of aromatic nitrogens is 4. The van der Waals surface area contributed by atoms with Gasteiger partial charge in [-0.1, -0.05) is 13.3 Å². The van der Waals surface area contributed by atoms with Crippen LogP contribution in [0.3, 0.4) is 0 Å². The molecule has 0 saturated carbocycles. The second-order valence-corrected chi connectivity index (χ2v) is 4.99. The molecule has 2 rings (SSSR count). The fraction of sp³-hybridized carbons (Fsp3) is 0.250. The molecule has 7 nitrogen and oxygen atoms in total. The number of nitrogens with zero attached hydrogens (tertiary/aromatic N) is 3. The summed E-state index contributed by atoms with van der Waals surface area (Å²) in [6, 6.07) is 3.04. The lowest BCUT2D eigenvalue weighted by Gasteiger charge is -2.03. The zero-order valence-electron chi connectivity index (χ0n) is 10.9. The summed E-state index contributed by atoms with van der Waals surface area (Å²) in [5.74, 6) is -0.129. The first-order valence-corrected chi connectivity index (χ1v) is 6.85. The maximum atomic E-state index is 11.5. The normalized spacial score (nSPS) is 10.4. The second kappa shape index (κ2) is 6.29. The van der Waals surface area contributed by atoms with Crippen molar-refractivity contribution in [2.24, 2.45) is 5.73 Å². The maximum Gasteiger partial charge on any atom is 0.251 e. The summed E-state index contributed by atoms with van der Waals surface area (Å²) < 4.78 is 0. The molecule has 20 heavy (non-hydrogen) atoms. The maximum absolute atomic E-state index is 11.5. The van der Waals surface area contributed by atoms with Crippen LogP contribution in [0.15, 0.2) is 33.4 Å². The minimum absolute atomic E-state index is 0.129. The largest absolute Gasteiger partial charge is 0.382 e. The molecule has 0 radical (unpaired) electrons. The van der Waals surface area contributed by atoms with Crippen LogP contribution in [0, 0.1) is 5.41 Å². The van der Waals surface area contributed by atoms with E-state index in [9.17, 15) is 4.79 Å². The van der Waals surface area contributed by atoms with Gasteiger partial charge in [-0.2, -0.15) is 0 Å². The van der Waals surface area contributed by atoms with Crippen molar-refractivity contribution in [2.45, 2.75) is 30.1 Å². The number of nitrogens with one attached hydrogen (secondary N) is 2. The number of aryl methyl sites for hydroxylation is 1. The van der Waals surface area contributed by atoms with Crippen LogP contribution in [-0.2, 0) is 6.42 Å². The Morgan fingerprint density at radius 1 is 1.50 bits per heavy atom. The first kappa shape index (κ1) is 14.2. The minimum atomic E-state index is -0.200. The predicted molar refractivity (Wildman–Crippen MR) is 76.0 cm³/mol. The zero-order valence-corrected chi connectivity index (χ0v) is 11.7. The number of hydrogen-bond donors (Lipinski definition) is 3. The molecule has 0 aliphatic heterocycles. The fourth-order valence-electron chi connectivity index (χ4n) is 1.54. The minimum Gasteiger partial charge on any atom is -0.382 e. The number of amidine groups is 1. The molecule has 0 amide bonds. The lowest BCUT2D eigenvalue weighted by atomic mass is 10.2. The van der Waals surface area contributed by atoms with E-state index in [4.69, 9.17) is 11.1 Å². The third-order valence-corrected chi connectivity index (χ3v) is 3.14. The predicted octanol–water partition coefficient (Wildman–Crippen LogP) is 0.948. The van der Waals surface area contributed by atoms with Crippen molar-refractivity contribution in [3.05, 3.63) is 40.1 Å². The molecule has 0 aliphatic rings. The topological polar surface area (TPSA) is 121 Å². The van der Waals surface area contributed by atoms with Gasteiger partial charge in [0.1, 0.15) is 11.5 Å². The summed E-state index contributed by atoms with van der Waals surface area (Å²) >= 11 is 1.13. The molecule has 4 N–H and O–H groups in total. The summed E-state index contributed by atoms with van der Waals surface area (Å²) in [6.07, 6.45) is 3.17. The molecule has 0 unspecified atom stereocenters. The van der Waals surface area contributed by atoms with Crippen molar-refractivity contribution in [3.63, 3.8) is 0 Å². The standard InChI is InChI=1S/C12H14N6OS/c1-2-3-7-6-9(19)18-12(16-7)20-11-15-5-4-8(17-11)10(13)14/h4-6H,2-3H2,1H3,(H3,13,14)(H,16,18,19). The average Bonchev–Trinajstić information content (AvgIpc) is 2.38. The molecule has 2 aromatic heterocycles. The van der Waals surface area contributed by atoms with E-state index in [1.807, 2.05) is 6.92 Å². The molecule has 0 saturated heterocycles. The van der Waals surface area contributed by atoms with Crippen molar-refractivity contribution in [1.82, 2.24) is 19.9 Å². The van der Waals surface area contributed by atoms with Gasteiger partial charge in [-0.25, -0.2) is 15.0 Å². The highest BCUT2D eigenvalue weighted by Gasteiger charge is 2.07. The lowest BCUT2D eigenvalue weighted by molar-refractivity contribution is 0.812. The zero-order chi connectivity index (χ0) is 14.5. The van der Waals surface area contributed by atoms with Gasteiger partial charge in [0.15, 0.2) is 10.3 Å². The molecule has 2 aromatic rings.